The van der Waals surface area contributed by atoms with Gasteiger partial charge in [-0.05, 0) is 31.7 Å². The van der Waals surface area contributed by atoms with E-state index < -0.39 is 5.97 Å². The van der Waals surface area contributed by atoms with E-state index in [2.05, 4.69) is 12.2 Å². The highest BCUT2D eigenvalue weighted by Crippen LogP contribution is 2.23. The van der Waals surface area contributed by atoms with Crippen LogP contribution in [0.3, 0.4) is 0 Å². The summed E-state index contributed by atoms with van der Waals surface area (Å²) in [6, 6.07) is 3.88. The van der Waals surface area contributed by atoms with Crippen LogP contribution in [0.25, 0.3) is 0 Å². The molecule has 0 saturated heterocycles. The quantitative estimate of drug-likeness (QED) is 0.787. The molecule has 104 valence electrons. The van der Waals surface area contributed by atoms with Crippen LogP contribution in [-0.4, -0.2) is 17.0 Å². The van der Waals surface area contributed by atoms with Crippen molar-refractivity contribution in [2.45, 2.75) is 39.7 Å². The van der Waals surface area contributed by atoms with Crippen molar-refractivity contribution in [1.82, 2.24) is 5.32 Å². The summed E-state index contributed by atoms with van der Waals surface area (Å²) >= 11 is 1.59. The molecule has 0 saturated carbocycles. The van der Waals surface area contributed by atoms with Crippen LogP contribution in [0.2, 0.25) is 0 Å². The van der Waals surface area contributed by atoms with Crippen LogP contribution in [0.5, 0.6) is 0 Å². The molecule has 1 amide bonds. The molecule has 0 aromatic carbocycles. The average Bonchev–Trinajstić information content (AvgIpc) is 2.89. The van der Waals surface area contributed by atoms with Crippen LogP contribution in [0, 0.1) is 0 Å². The van der Waals surface area contributed by atoms with Gasteiger partial charge in [-0.2, -0.15) is 0 Å². The van der Waals surface area contributed by atoms with Gasteiger partial charge in [0.05, 0.1) is 6.04 Å². The fourth-order valence-corrected chi connectivity index (χ4v) is 2.47. The van der Waals surface area contributed by atoms with Crippen molar-refractivity contribution in [3.63, 3.8) is 0 Å². The molecule has 1 aromatic heterocycles. The molecule has 0 radical (unpaired) electrons. The third-order valence-electron chi connectivity index (χ3n) is 2.99. The molecule has 1 aromatic rings. The average molecular weight is 281 g/mol. The van der Waals surface area contributed by atoms with Crippen molar-refractivity contribution in [3.8, 4) is 0 Å². The predicted molar refractivity (Wildman–Crippen MR) is 76.1 cm³/mol. The lowest BCUT2D eigenvalue weighted by Gasteiger charge is -2.17. The second-order valence-corrected chi connectivity index (χ2v) is 5.36. The Morgan fingerprint density at radius 3 is 2.53 bits per heavy atom. The topological polar surface area (TPSA) is 66.4 Å². The lowest BCUT2D eigenvalue weighted by Crippen LogP contribution is -2.29. The number of amides is 1. The number of rotatable bonds is 6. The summed E-state index contributed by atoms with van der Waals surface area (Å²) in [5.74, 6) is -1.37. The highest BCUT2D eigenvalue weighted by Gasteiger charge is 2.18. The van der Waals surface area contributed by atoms with Crippen LogP contribution < -0.4 is 5.32 Å². The Morgan fingerprint density at radius 2 is 2.05 bits per heavy atom. The van der Waals surface area contributed by atoms with Crippen LogP contribution in [0.1, 0.15) is 44.5 Å². The maximum absolute atomic E-state index is 12.0. The Hall–Kier alpha value is -1.62. The Kier molecular flexibility index (Phi) is 5.76. The van der Waals surface area contributed by atoms with E-state index in [0.29, 0.717) is 0 Å². The van der Waals surface area contributed by atoms with Crippen molar-refractivity contribution in [2.75, 3.05) is 0 Å². The Balaban J connectivity index is 2.83. The first kappa shape index (κ1) is 15.4. The van der Waals surface area contributed by atoms with E-state index in [0.717, 1.165) is 17.7 Å². The Bertz CT molecular complexity index is 477. The molecule has 0 aliphatic rings. The van der Waals surface area contributed by atoms with Crippen molar-refractivity contribution in [3.05, 3.63) is 33.5 Å². The molecule has 19 heavy (non-hydrogen) atoms. The van der Waals surface area contributed by atoms with E-state index in [-0.39, 0.29) is 23.1 Å². The number of carboxylic acids is 1. The monoisotopic (exact) mass is 281 g/mol. The molecule has 1 heterocycles. The normalized spacial score (nSPS) is 13.6. The van der Waals surface area contributed by atoms with Crippen LogP contribution >= 0.6 is 11.3 Å². The molecule has 5 heteroatoms. The van der Waals surface area contributed by atoms with Gasteiger partial charge in [0.1, 0.15) is 0 Å². The Morgan fingerprint density at radius 1 is 1.37 bits per heavy atom. The number of carbonyl (C=O) groups excluding carboxylic acids is 1. The minimum atomic E-state index is -1.06. The van der Waals surface area contributed by atoms with Crippen LogP contribution in [0.4, 0.5) is 0 Å². The number of hydrogen-bond acceptors (Lipinski definition) is 3. The summed E-state index contributed by atoms with van der Waals surface area (Å²) in [6.45, 7) is 5.03. The fraction of sp³-hybridized carbons (Fsp3) is 0.429. The first-order valence-electron chi connectivity index (χ1n) is 6.22. The van der Waals surface area contributed by atoms with E-state index in [1.54, 1.807) is 11.3 Å². The van der Waals surface area contributed by atoms with Crippen LogP contribution in [0.15, 0.2) is 28.7 Å². The molecule has 0 aliphatic heterocycles. The smallest absolute Gasteiger partial charge is 0.331 e. The molecule has 0 fully saturated rings. The van der Waals surface area contributed by atoms with E-state index >= 15 is 0 Å². The summed E-state index contributed by atoms with van der Waals surface area (Å²) < 4.78 is 0. The molecule has 2 N–H and O–H groups in total. The Labute approximate surface area is 117 Å². The number of nitrogens with one attached hydrogen (secondary N) is 1. The van der Waals surface area contributed by atoms with Gasteiger partial charge in [-0.3, -0.25) is 4.79 Å². The number of thiophene rings is 1. The second-order valence-electron chi connectivity index (χ2n) is 4.39. The first-order chi connectivity index (χ1) is 8.97. The maximum Gasteiger partial charge on any atom is 0.331 e. The van der Waals surface area contributed by atoms with Gasteiger partial charge < -0.3 is 10.4 Å². The minimum absolute atomic E-state index is 0.0472. The number of aliphatic carboxylic acids is 1. The zero-order valence-electron chi connectivity index (χ0n) is 11.4. The van der Waals surface area contributed by atoms with Crippen molar-refractivity contribution < 1.29 is 14.7 Å². The predicted octanol–water partition coefficient (Wildman–Crippen LogP) is 3.13. The molecule has 1 atom stereocenters. The highest BCUT2D eigenvalue weighted by molar-refractivity contribution is 7.10. The van der Waals surface area contributed by atoms with Gasteiger partial charge in [0.25, 0.3) is 0 Å². The van der Waals surface area contributed by atoms with Gasteiger partial charge >= 0.3 is 5.97 Å². The molecule has 0 bridgehead atoms. The largest absolute Gasteiger partial charge is 0.478 e. The number of carboxylic acid groups (broad SMARTS) is 1. The molecule has 0 aliphatic carbocycles. The maximum atomic E-state index is 12.0. The lowest BCUT2D eigenvalue weighted by atomic mass is 10.1. The summed E-state index contributed by atoms with van der Waals surface area (Å²) in [7, 11) is 0. The lowest BCUT2D eigenvalue weighted by molar-refractivity contribution is -0.133. The highest BCUT2D eigenvalue weighted by atomic mass is 32.1. The number of carbonyl (C=O) groups is 2. The summed E-state index contributed by atoms with van der Waals surface area (Å²) in [5.41, 5.74) is 0.337. The van der Waals surface area contributed by atoms with Gasteiger partial charge in [-0.25, -0.2) is 4.79 Å². The zero-order valence-corrected chi connectivity index (χ0v) is 12.2. The van der Waals surface area contributed by atoms with Crippen molar-refractivity contribution in [2.24, 2.45) is 0 Å². The molecular weight excluding hydrogens is 262 g/mol. The van der Waals surface area contributed by atoms with Gasteiger partial charge in [-0.15, -0.1) is 11.3 Å². The molecule has 4 nitrogen and oxygen atoms in total. The molecular formula is C14H19NO3S. The van der Waals surface area contributed by atoms with Gasteiger partial charge in [0.2, 0.25) is 5.91 Å². The molecule has 1 unspecified atom stereocenters. The molecule has 0 spiro atoms. The van der Waals surface area contributed by atoms with E-state index in [1.165, 1.54) is 13.8 Å². The van der Waals surface area contributed by atoms with E-state index in [4.69, 9.17) is 5.11 Å². The standard InChI is InChI=1S/C14H19NO3S/c1-4-6-11(12-7-5-8-19-12)15-13(16)9(2)10(3)14(17)18/h5,7-8,11H,4,6H2,1-3H3,(H,15,16)(H,17,18). The summed E-state index contributed by atoms with van der Waals surface area (Å²) in [5, 5.41) is 13.8. The third-order valence-corrected chi connectivity index (χ3v) is 3.98. The second kappa shape index (κ2) is 7.09. The zero-order chi connectivity index (χ0) is 14.4. The summed E-state index contributed by atoms with van der Waals surface area (Å²) in [4.78, 5) is 24.0. The number of hydrogen-bond donors (Lipinski definition) is 2. The third kappa shape index (κ3) is 4.21. The SMILES string of the molecule is CCCC(NC(=O)C(C)=C(C)C(=O)O)c1cccs1. The van der Waals surface area contributed by atoms with E-state index in [9.17, 15) is 9.59 Å². The van der Waals surface area contributed by atoms with Crippen molar-refractivity contribution >= 4 is 23.2 Å². The summed E-state index contributed by atoms with van der Waals surface area (Å²) in [6.07, 6.45) is 1.79. The van der Waals surface area contributed by atoms with Gasteiger partial charge in [-0.1, -0.05) is 19.4 Å². The minimum Gasteiger partial charge on any atom is -0.478 e. The van der Waals surface area contributed by atoms with E-state index in [1.807, 2.05) is 17.5 Å². The van der Waals surface area contributed by atoms with Gasteiger partial charge in [0, 0.05) is 16.0 Å². The molecule has 1 rings (SSSR count). The van der Waals surface area contributed by atoms with Crippen molar-refractivity contribution in [1.29, 1.82) is 0 Å². The first-order valence-corrected chi connectivity index (χ1v) is 7.10. The fourth-order valence-electron chi connectivity index (χ4n) is 1.66. The van der Waals surface area contributed by atoms with Crippen LogP contribution in [-0.2, 0) is 9.59 Å². The van der Waals surface area contributed by atoms with Gasteiger partial charge in [0.15, 0.2) is 0 Å².